The highest BCUT2D eigenvalue weighted by atomic mass is 32.1. The van der Waals surface area contributed by atoms with E-state index in [9.17, 15) is 4.79 Å². The number of carbonyl (C=O) groups is 1. The number of rotatable bonds is 3. The first-order valence-corrected chi connectivity index (χ1v) is 7.87. The van der Waals surface area contributed by atoms with Gasteiger partial charge in [0.1, 0.15) is 11.4 Å². The van der Waals surface area contributed by atoms with Crippen molar-refractivity contribution < 1.29 is 19.0 Å². The molecule has 0 saturated carbocycles. The van der Waals surface area contributed by atoms with Gasteiger partial charge >= 0.3 is 6.09 Å². The van der Waals surface area contributed by atoms with Gasteiger partial charge in [-0.15, -0.1) is 5.10 Å². The minimum atomic E-state index is -0.586. The highest BCUT2D eigenvalue weighted by molar-refractivity contribution is 7.03. The van der Waals surface area contributed by atoms with Crippen molar-refractivity contribution in [3.05, 3.63) is 47.8 Å². The van der Waals surface area contributed by atoms with Gasteiger partial charge in [-0.1, -0.05) is 4.49 Å². The summed E-state index contributed by atoms with van der Waals surface area (Å²) in [6.07, 6.45) is -0.586. The number of amides is 1. The third kappa shape index (κ3) is 2.99. The lowest BCUT2D eigenvalue weighted by Gasteiger charge is -2.07. The van der Waals surface area contributed by atoms with Gasteiger partial charge in [0.2, 0.25) is 6.79 Å². The van der Waals surface area contributed by atoms with Crippen molar-refractivity contribution in [3.63, 3.8) is 0 Å². The molecule has 7 nitrogen and oxygen atoms in total. The van der Waals surface area contributed by atoms with E-state index < -0.39 is 6.09 Å². The van der Waals surface area contributed by atoms with Gasteiger partial charge in [0.25, 0.3) is 0 Å². The van der Waals surface area contributed by atoms with Crippen molar-refractivity contribution in [3.8, 4) is 28.5 Å². The van der Waals surface area contributed by atoms with E-state index in [1.165, 1.54) is 11.5 Å². The molecule has 0 atom stereocenters. The number of carbonyl (C=O) groups excluding carboxylic acids is 1. The average Bonchev–Trinajstić information content (AvgIpc) is 3.26. The highest BCUT2D eigenvalue weighted by Crippen LogP contribution is 2.34. The zero-order chi connectivity index (χ0) is 16.4. The summed E-state index contributed by atoms with van der Waals surface area (Å²) in [7, 11) is 0. The van der Waals surface area contributed by atoms with E-state index in [2.05, 4.69) is 14.9 Å². The lowest BCUT2D eigenvalue weighted by Crippen LogP contribution is -2.16. The van der Waals surface area contributed by atoms with Gasteiger partial charge in [0.05, 0.1) is 0 Å². The van der Waals surface area contributed by atoms with E-state index in [1.807, 2.05) is 17.5 Å². The Kier molecular flexibility index (Phi) is 3.72. The molecule has 1 aliphatic heterocycles. The molecule has 1 N–H and O–H groups in total. The Bertz CT molecular complexity index is 866. The summed E-state index contributed by atoms with van der Waals surface area (Å²) in [5.74, 6) is 1.68. The van der Waals surface area contributed by atoms with Crippen LogP contribution < -0.4 is 19.5 Å². The minimum Gasteiger partial charge on any atom is -0.454 e. The molecule has 2 aromatic carbocycles. The molecule has 0 saturated heterocycles. The molecular weight excluding hydrogens is 330 g/mol. The molecule has 3 aromatic rings. The average molecular weight is 341 g/mol. The van der Waals surface area contributed by atoms with Crippen LogP contribution in [-0.2, 0) is 0 Å². The quantitative estimate of drug-likeness (QED) is 0.784. The molecule has 120 valence electrons. The summed E-state index contributed by atoms with van der Waals surface area (Å²) in [6, 6.07) is 12.2. The summed E-state index contributed by atoms with van der Waals surface area (Å²) < 4.78 is 19.6. The van der Waals surface area contributed by atoms with E-state index in [0.717, 1.165) is 11.3 Å². The number of nitrogens with zero attached hydrogens (tertiary/aromatic N) is 2. The highest BCUT2D eigenvalue weighted by Gasteiger charge is 2.14. The maximum atomic E-state index is 12.0. The predicted octanol–water partition coefficient (Wildman–Crippen LogP) is 3.54. The number of hydrogen-bond donors (Lipinski definition) is 1. The molecule has 0 radical (unpaired) electrons. The Labute approximate surface area is 141 Å². The molecule has 0 fully saturated rings. The van der Waals surface area contributed by atoms with Crippen LogP contribution in [0.2, 0.25) is 0 Å². The van der Waals surface area contributed by atoms with E-state index in [4.69, 9.17) is 14.2 Å². The van der Waals surface area contributed by atoms with Crippen LogP contribution in [0.4, 0.5) is 10.5 Å². The molecule has 0 aliphatic carbocycles. The molecule has 8 heteroatoms. The monoisotopic (exact) mass is 341 g/mol. The molecule has 0 spiro atoms. The zero-order valence-corrected chi connectivity index (χ0v) is 13.1. The number of benzene rings is 2. The van der Waals surface area contributed by atoms with E-state index >= 15 is 0 Å². The largest absolute Gasteiger partial charge is 0.454 e. The summed E-state index contributed by atoms with van der Waals surface area (Å²) in [6.45, 7) is 0.185. The molecule has 2 heterocycles. The topological polar surface area (TPSA) is 82.6 Å². The molecule has 24 heavy (non-hydrogen) atoms. The Balaban J connectivity index is 1.41. The Hall–Kier alpha value is -3.13. The van der Waals surface area contributed by atoms with Gasteiger partial charge < -0.3 is 14.2 Å². The van der Waals surface area contributed by atoms with Crippen LogP contribution in [0.1, 0.15) is 0 Å². The minimum absolute atomic E-state index is 0.185. The van der Waals surface area contributed by atoms with E-state index in [0.29, 0.717) is 22.9 Å². The normalized spacial score (nSPS) is 12.0. The van der Waals surface area contributed by atoms with Gasteiger partial charge in [-0.3, -0.25) is 5.32 Å². The maximum Gasteiger partial charge on any atom is 0.417 e. The zero-order valence-electron chi connectivity index (χ0n) is 12.3. The SMILES string of the molecule is O=C(Nc1ccc2c(c1)OCO2)Oc1ccc(-c2csnn2)cc1. The second kappa shape index (κ2) is 6.17. The molecule has 1 aromatic heterocycles. The summed E-state index contributed by atoms with van der Waals surface area (Å²) in [5, 5.41) is 8.48. The van der Waals surface area contributed by atoms with Crippen LogP contribution in [0, 0.1) is 0 Å². The van der Waals surface area contributed by atoms with Gasteiger partial charge in [0.15, 0.2) is 11.5 Å². The van der Waals surface area contributed by atoms with E-state index in [-0.39, 0.29) is 6.79 Å². The second-order valence-corrected chi connectivity index (χ2v) is 5.51. The van der Waals surface area contributed by atoms with Crippen molar-refractivity contribution in [2.24, 2.45) is 0 Å². The molecule has 1 amide bonds. The van der Waals surface area contributed by atoms with Gasteiger partial charge in [0, 0.05) is 22.7 Å². The first-order valence-electron chi connectivity index (χ1n) is 7.04. The molecule has 4 rings (SSSR count). The number of ether oxygens (including phenoxy) is 3. The summed E-state index contributed by atoms with van der Waals surface area (Å²) >= 11 is 1.28. The van der Waals surface area contributed by atoms with Crippen LogP contribution in [0.3, 0.4) is 0 Å². The van der Waals surface area contributed by atoms with Crippen molar-refractivity contribution in [2.75, 3.05) is 12.1 Å². The molecular formula is C16H11N3O4S. The van der Waals surface area contributed by atoms with Crippen LogP contribution in [0.25, 0.3) is 11.3 Å². The van der Waals surface area contributed by atoms with Crippen molar-refractivity contribution >= 4 is 23.3 Å². The maximum absolute atomic E-state index is 12.0. The summed E-state index contributed by atoms with van der Waals surface area (Å²) in [5.41, 5.74) is 2.26. The van der Waals surface area contributed by atoms with Gasteiger partial charge in [-0.05, 0) is 47.9 Å². The fourth-order valence-electron chi connectivity index (χ4n) is 2.21. The van der Waals surface area contributed by atoms with Gasteiger partial charge in [-0.25, -0.2) is 4.79 Å². The smallest absolute Gasteiger partial charge is 0.417 e. The fraction of sp³-hybridized carbons (Fsp3) is 0.0625. The molecule has 1 aliphatic rings. The van der Waals surface area contributed by atoms with E-state index in [1.54, 1.807) is 30.3 Å². The van der Waals surface area contributed by atoms with Crippen LogP contribution >= 0.6 is 11.5 Å². The lowest BCUT2D eigenvalue weighted by atomic mass is 10.2. The molecule has 0 bridgehead atoms. The van der Waals surface area contributed by atoms with Crippen molar-refractivity contribution in [1.29, 1.82) is 0 Å². The number of fused-ring (bicyclic) bond motifs is 1. The number of anilines is 1. The van der Waals surface area contributed by atoms with Crippen LogP contribution in [-0.4, -0.2) is 22.5 Å². The standard InChI is InChI=1S/C16H11N3O4S/c20-16(17-11-3-6-14-15(7-11)22-9-21-14)23-12-4-1-10(2-5-12)13-8-24-19-18-13/h1-8H,9H2,(H,17,20). The summed E-state index contributed by atoms with van der Waals surface area (Å²) in [4.78, 5) is 12.0. The van der Waals surface area contributed by atoms with Crippen LogP contribution in [0.15, 0.2) is 47.8 Å². The molecule has 0 unspecified atom stereocenters. The first kappa shape index (κ1) is 14.5. The van der Waals surface area contributed by atoms with Crippen molar-refractivity contribution in [2.45, 2.75) is 0 Å². The number of aromatic nitrogens is 2. The second-order valence-electron chi connectivity index (χ2n) is 4.90. The van der Waals surface area contributed by atoms with Gasteiger partial charge in [-0.2, -0.15) is 0 Å². The van der Waals surface area contributed by atoms with Crippen LogP contribution in [0.5, 0.6) is 17.2 Å². The third-order valence-electron chi connectivity index (χ3n) is 3.34. The number of hydrogen-bond acceptors (Lipinski definition) is 7. The number of nitrogens with one attached hydrogen (secondary N) is 1. The lowest BCUT2D eigenvalue weighted by molar-refractivity contribution is 0.174. The first-order chi connectivity index (χ1) is 11.8. The predicted molar refractivity (Wildman–Crippen MR) is 87.6 cm³/mol. The third-order valence-corrected chi connectivity index (χ3v) is 3.84. The Morgan fingerprint density at radius 2 is 1.96 bits per heavy atom. The fourth-order valence-corrected chi connectivity index (χ4v) is 2.67. The van der Waals surface area contributed by atoms with Crippen molar-refractivity contribution in [1.82, 2.24) is 9.59 Å². The Morgan fingerprint density at radius 3 is 2.75 bits per heavy atom. The Morgan fingerprint density at radius 1 is 1.12 bits per heavy atom.